The van der Waals surface area contributed by atoms with Gasteiger partial charge >= 0.3 is 5.69 Å². The summed E-state index contributed by atoms with van der Waals surface area (Å²) in [6, 6.07) is -0.733. The summed E-state index contributed by atoms with van der Waals surface area (Å²) >= 11 is 4.34. The standard InChI is InChI=1S/C12H12BrN7O3S/c1-5(8(21)15-11-17-16-10(13)24-11)20-4-14-7-6(20)9(22)19(3)12(23)18(7)2/h4-5H,1-3H3,(H,15,17,21). The monoisotopic (exact) mass is 413 g/mol. The zero-order valence-corrected chi connectivity index (χ0v) is 15.3. The molecule has 0 aromatic carbocycles. The van der Waals surface area contributed by atoms with E-state index in [1.807, 2.05) is 0 Å². The first-order valence-electron chi connectivity index (χ1n) is 6.73. The molecule has 0 radical (unpaired) electrons. The van der Waals surface area contributed by atoms with Crippen LogP contribution in [0.5, 0.6) is 0 Å². The fraction of sp³-hybridized carbons (Fsp3) is 0.333. The molecule has 3 aromatic rings. The SMILES string of the molecule is CC(C(=O)Nc1nnc(Br)s1)n1cnc2c1c(=O)n(C)c(=O)n2C. The van der Waals surface area contributed by atoms with E-state index >= 15 is 0 Å². The number of hydrogen-bond donors (Lipinski definition) is 1. The Labute approximate surface area is 146 Å². The maximum atomic E-state index is 12.4. The lowest BCUT2D eigenvalue weighted by molar-refractivity contribution is -0.118. The first-order chi connectivity index (χ1) is 11.3. The summed E-state index contributed by atoms with van der Waals surface area (Å²) in [7, 11) is 2.90. The first kappa shape index (κ1) is 16.5. The third kappa shape index (κ3) is 2.57. The molecule has 0 fully saturated rings. The first-order valence-corrected chi connectivity index (χ1v) is 8.34. The number of aryl methyl sites for hydroxylation is 1. The van der Waals surface area contributed by atoms with E-state index in [-0.39, 0.29) is 17.1 Å². The van der Waals surface area contributed by atoms with E-state index < -0.39 is 17.3 Å². The van der Waals surface area contributed by atoms with Crippen molar-refractivity contribution >= 4 is 49.5 Å². The minimum atomic E-state index is -0.733. The molecular weight excluding hydrogens is 402 g/mol. The van der Waals surface area contributed by atoms with E-state index in [9.17, 15) is 14.4 Å². The lowest BCUT2D eigenvalue weighted by atomic mass is 10.3. The van der Waals surface area contributed by atoms with Crippen LogP contribution in [0.1, 0.15) is 13.0 Å². The number of rotatable bonds is 3. The van der Waals surface area contributed by atoms with Crippen molar-refractivity contribution < 1.29 is 4.79 Å². The van der Waals surface area contributed by atoms with Gasteiger partial charge in [-0.2, -0.15) is 0 Å². The van der Waals surface area contributed by atoms with E-state index in [1.165, 1.54) is 40.9 Å². The predicted octanol–water partition coefficient (Wildman–Crippen LogP) is 0.247. The second-order valence-electron chi connectivity index (χ2n) is 5.06. The minimum Gasteiger partial charge on any atom is -0.312 e. The Morgan fingerprint density at radius 3 is 2.62 bits per heavy atom. The minimum absolute atomic E-state index is 0.181. The van der Waals surface area contributed by atoms with Crippen molar-refractivity contribution in [2.24, 2.45) is 14.1 Å². The van der Waals surface area contributed by atoms with Crippen LogP contribution >= 0.6 is 27.3 Å². The number of nitrogens with zero attached hydrogens (tertiary/aromatic N) is 6. The molecule has 0 saturated carbocycles. The number of hydrogen-bond acceptors (Lipinski definition) is 7. The van der Waals surface area contributed by atoms with Crippen LogP contribution in [0.3, 0.4) is 0 Å². The summed E-state index contributed by atoms with van der Waals surface area (Å²) < 4.78 is 4.22. The van der Waals surface area contributed by atoms with E-state index in [0.29, 0.717) is 9.05 Å². The smallest absolute Gasteiger partial charge is 0.312 e. The number of carbonyl (C=O) groups excluding carboxylic acids is 1. The van der Waals surface area contributed by atoms with Gasteiger partial charge < -0.3 is 4.57 Å². The lowest BCUT2D eigenvalue weighted by Crippen LogP contribution is -2.38. The highest BCUT2D eigenvalue weighted by Gasteiger charge is 2.22. The highest BCUT2D eigenvalue weighted by molar-refractivity contribution is 9.11. The third-order valence-electron chi connectivity index (χ3n) is 3.60. The van der Waals surface area contributed by atoms with E-state index in [0.717, 1.165) is 4.57 Å². The van der Waals surface area contributed by atoms with Gasteiger partial charge in [0.05, 0.1) is 6.33 Å². The molecule has 0 aliphatic carbocycles. The molecule has 24 heavy (non-hydrogen) atoms. The van der Waals surface area contributed by atoms with Crippen LogP contribution in [-0.4, -0.2) is 34.8 Å². The molecule has 3 aromatic heterocycles. The molecule has 3 rings (SSSR count). The van der Waals surface area contributed by atoms with Crippen LogP contribution < -0.4 is 16.6 Å². The fourth-order valence-electron chi connectivity index (χ4n) is 2.25. The normalized spacial score (nSPS) is 12.5. The number of nitrogens with one attached hydrogen (secondary N) is 1. The summed E-state index contributed by atoms with van der Waals surface area (Å²) in [5.74, 6) is -0.381. The number of carbonyl (C=O) groups is 1. The number of fused-ring (bicyclic) bond motifs is 1. The van der Waals surface area contributed by atoms with Crippen molar-refractivity contribution in [3.8, 4) is 0 Å². The van der Waals surface area contributed by atoms with Crippen molar-refractivity contribution in [2.75, 3.05) is 5.32 Å². The summed E-state index contributed by atoms with van der Waals surface area (Å²) in [4.78, 5) is 40.8. The molecule has 1 unspecified atom stereocenters. The molecule has 3 heterocycles. The zero-order valence-electron chi connectivity index (χ0n) is 12.8. The molecule has 126 valence electrons. The van der Waals surface area contributed by atoms with Gasteiger partial charge in [-0.25, -0.2) is 9.78 Å². The molecule has 1 N–H and O–H groups in total. The summed E-state index contributed by atoms with van der Waals surface area (Å²) in [6.45, 7) is 1.62. The largest absolute Gasteiger partial charge is 0.332 e. The van der Waals surface area contributed by atoms with E-state index in [2.05, 4.69) is 36.4 Å². The molecule has 0 saturated heterocycles. The molecule has 1 atom stereocenters. The Kier molecular flexibility index (Phi) is 4.09. The molecular formula is C12H12BrN7O3S. The highest BCUT2D eigenvalue weighted by Crippen LogP contribution is 2.22. The average molecular weight is 414 g/mol. The zero-order chi connectivity index (χ0) is 17.6. The van der Waals surface area contributed by atoms with Gasteiger partial charge in [-0.1, -0.05) is 11.3 Å². The second-order valence-corrected chi connectivity index (χ2v) is 7.31. The second kappa shape index (κ2) is 5.94. The fourth-order valence-corrected chi connectivity index (χ4v) is 3.26. The van der Waals surface area contributed by atoms with Gasteiger partial charge in [0.1, 0.15) is 6.04 Å². The van der Waals surface area contributed by atoms with Crippen LogP contribution in [0.4, 0.5) is 5.13 Å². The van der Waals surface area contributed by atoms with Crippen LogP contribution in [0.2, 0.25) is 0 Å². The molecule has 0 aliphatic heterocycles. The van der Waals surface area contributed by atoms with Crippen LogP contribution in [0, 0.1) is 0 Å². The molecule has 10 nitrogen and oxygen atoms in total. The van der Waals surface area contributed by atoms with Gasteiger partial charge in [-0.15, -0.1) is 10.2 Å². The van der Waals surface area contributed by atoms with Crippen LogP contribution in [0.25, 0.3) is 11.2 Å². The summed E-state index contributed by atoms with van der Waals surface area (Å²) in [5.41, 5.74) is -0.584. The van der Waals surface area contributed by atoms with Crippen molar-refractivity contribution in [3.05, 3.63) is 31.1 Å². The van der Waals surface area contributed by atoms with Gasteiger partial charge in [0.2, 0.25) is 11.0 Å². The predicted molar refractivity (Wildman–Crippen MR) is 91.2 cm³/mol. The Morgan fingerprint density at radius 1 is 1.29 bits per heavy atom. The van der Waals surface area contributed by atoms with Gasteiger partial charge in [0, 0.05) is 14.1 Å². The Balaban J connectivity index is 2.04. The molecule has 0 spiro atoms. The quantitative estimate of drug-likeness (QED) is 0.657. The van der Waals surface area contributed by atoms with Crippen LogP contribution in [-0.2, 0) is 18.9 Å². The van der Waals surface area contributed by atoms with Crippen molar-refractivity contribution in [1.29, 1.82) is 0 Å². The molecule has 0 aliphatic rings. The number of anilines is 1. The Bertz CT molecular complexity index is 1060. The van der Waals surface area contributed by atoms with Gasteiger partial charge in [-0.05, 0) is 22.9 Å². The highest BCUT2D eigenvalue weighted by atomic mass is 79.9. The van der Waals surface area contributed by atoms with Crippen molar-refractivity contribution in [2.45, 2.75) is 13.0 Å². The Morgan fingerprint density at radius 2 is 2.00 bits per heavy atom. The van der Waals surface area contributed by atoms with Crippen LogP contribution in [0.15, 0.2) is 19.8 Å². The van der Waals surface area contributed by atoms with Crippen molar-refractivity contribution in [1.82, 2.24) is 28.9 Å². The van der Waals surface area contributed by atoms with E-state index in [1.54, 1.807) is 6.92 Å². The third-order valence-corrected chi connectivity index (χ3v) is 4.87. The topological polar surface area (TPSA) is 117 Å². The van der Waals surface area contributed by atoms with Gasteiger partial charge in [-0.3, -0.25) is 24.0 Å². The number of aromatic nitrogens is 6. The maximum Gasteiger partial charge on any atom is 0.332 e. The number of amides is 1. The average Bonchev–Trinajstić information content (AvgIpc) is 3.16. The molecule has 0 bridgehead atoms. The van der Waals surface area contributed by atoms with Gasteiger partial charge in [0.15, 0.2) is 15.1 Å². The maximum absolute atomic E-state index is 12.4. The Hall–Kier alpha value is -2.34. The molecule has 1 amide bonds. The van der Waals surface area contributed by atoms with Gasteiger partial charge in [0.25, 0.3) is 5.56 Å². The number of halogens is 1. The lowest BCUT2D eigenvalue weighted by Gasteiger charge is -2.13. The summed E-state index contributed by atoms with van der Waals surface area (Å²) in [6.07, 6.45) is 1.37. The van der Waals surface area contributed by atoms with E-state index in [4.69, 9.17) is 0 Å². The number of imidazole rings is 1. The molecule has 12 heteroatoms. The van der Waals surface area contributed by atoms with Crippen molar-refractivity contribution in [3.63, 3.8) is 0 Å². The summed E-state index contributed by atoms with van der Waals surface area (Å²) in [5, 5.41) is 10.5.